The van der Waals surface area contributed by atoms with Crippen LogP contribution in [0.4, 0.5) is 0 Å². The van der Waals surface area contributed by atoms with Crippen molar-refractivity contribution in [1.29, 1.82) is 0 Å². The number of aliphatic hydroxyl groups is 1. The van der Waals surface area contributed by atoms with Crippen molar-refractivity contribution in [2.45, 2.75) is 6.92 Å². The minimum absolute atomic E-state index is 0.0936. The number of ether oxygens (including phenoxy) is 3. The summed E-state index contributed by atoms with van der Waals surface area (Å²) in [7, 11) is 3.10. The molecule has 0 bridgehead atoms. The molecular weight excluding hydrogens is 274 g/mol. The second kappa shape index (κ2) is 9.20. The molecule has 0 spiro atoms. The maximum absolute atomic E-state index is 12.4. The standard InChI is InChI=1S/C15H23NO5/c1-4-21-13-6-5-12(11-14(13)20-3)15(18)16(7-9-17)8-10-19-2/h5-6,11,17H,4,7-10H2,1-3H3. The summed E-state index contributed by atoms with van der Waals surface area (Å²) in [5.74, 6) is 0.933. The average Bonchev–Trinajstić information content (AvgIpc) is 2.51. The van der Waals surface area contributed by atoms with Crippen LogP contribution in [0.5, 0.6) is 11.5 Å². The first-order valence-corrected chi connectivity index (χ1v) is 6.87. The highest BCUT2D eigenvalue weighted by Gasteiger charge is 2.17. The van der Waals surface area contributed by atoms with Gasteiger partial charge in [-0.25, -0.2) is 0 Å². The number of hydrogen-bond acceptors (Lipinski definition) is 5. The molecule has 0 unspecified atom stereocenters. The fourth-order valence-electron chi connectivity index (χ4n) is 1.90. The zero-order chi connectivity index (χ0) is 15.7. The van der Waals surface area contributed by atoms with Gasteiger partial charge in [0.05, 0.1) is 26.9 Å². The quantitative estimate of drug-likeness (QED) is 0.741. The predicted octanol–water partition coefficient (Wildman–Crippen LogP) is 1.17. The Bertz CT molecular complexity index is 450. The van der Waals surface area contributed by atoms with Crippen LogP contribution in [0, 0.1) is 0 Å². The monoisotopic (exact) mass is 297 g/mol. The van der Waals surface area contributed by atoms with Crippen molar-refractivity contribution in [2.75, 3.05) is 47.1 Å². The van der Waals surface area contributed by atoms with Gasteiger partial charge in [0.15, 0.2) is 11.5 Å². The molecule has 0 saturated carbocycles. The lowest BCUT2D eigenvalue weighted by atomic mass is 10.1. The number of carbonyl (C=O) groups is 1. The lowest BCUT2D eigenvalue weighted by molar-refractivity contribution is 0.0656. The summed E-state index contributed by atoms with van der Waals surface area (Å²) >= 11 is 0. The van der Waals surface area contributed by atoms with Gasteiger partial charge in [-0.3, -0.25) is 4.79 Å². The maximum atomic E-state index is 12.4. The number of nitrogens with zero attached hydrogens (tertiary/aromatic N) is 1. The molecule has 0 aliphatic heterocycles. The summed E-state index contributed by atoms with van der Waals surface area (Å²) in [5.41, 5.74) is 0.486. The molecule has 0 saturated heterocycles. The summed E-state index contributed by atoms with van der Waals surface area (Å²) < 4.78 is 15.6. The number of benzene rings is 1. The van der Waals surface area contributed by atoms with E-state index in [4.69, 9.17) is 19.3 Å². The van der Waals surface area contributed by atoms with Gasteiger partial charge in [0, 0.05) is 25.8 Å². The second-order valence-electron chi connectivity index (χ2n) is 4.31. The maximum Gasteiger partial charge on any atom is 0.254 e. The van der Waals surface area contributed by atoms with E-state index >= 15 is 0 Å². The molecule has 1 aromatic rings. The van der Waals surface area contributed by atoms with E-state index in [-0.39, 0.29) is 19.1 Å². The van der Waals surface area contributed by atoms with Crippen molar-refractivity contribution in [3.05, 3.63) is 23.8 Å². The molecule has 1 rings (SSSR count). The van der Waals surface area contributed by atoms with Crippen LogP contribution in [0.25, 0.3) is 0 Å². The van der Waals surface area contributed by atoms with Crippen LogP contribution in [-0.2, 0) is 4.74 Å². The Morgan fingerprint density at radius 3 is 2.57 bits per heavy atom. The number of amides is 1. The van der Waals surface area contributed by atoms with Crippen molar-refractivity contribution >= 4 is 5.91 Å². The Kier molecular flexibility index (Phi) is 7.56. The van der Waals surface area contributed by atoms with Crippen molar-refractivity contribution in [2.24, 2.45) is 0 Å². The highest BCUT2D eigenvalue weighted by atomic mass is 16.5. The third-order valence-electron chi connectivity index (χ3n) is 2.93. The van der Waals surface area contributed by atoms with E-state index < -0.39 is 0 Å². The summed E-state index contributed by atoms with van der Waals surface area (Å²) in [6.45, 7) is 3.41. The minimum Gasteiger partial charge on any atom is -0.493 e. The molecule has 1 N–H and O–H groups in total. The Morgan fingerprint density at radius 2 is 2.00 bits per heavy atom. The van der Waals surface area contributed by atoms with Gasteiger partial charge in [-0.1, -0.05) is 0 Å². The van der Waals surface area contributed by atoms with Crippen molar-refractivity contribution in [1.82, 2.24) is 4.90 Å². The summed E-state index contributed by atoms with van der Waals surface area (Å²) in [6.07, 6.45) is 0. The minimum atomic E-state index is -0.178. The number of carbonyl (C=O) groups excluding carboxylic acids is 1. The smallest absolute Gasteiger partial charge is 0.254 e. The van der Waals surface area contributed by atoms with Gasteiger partial charge in [-0.2, -0.15) is 0 Å². The van der Waals surface area contributed by atoms with E-state index in [0.717, 1.165) is 0 Å². The molecule has 118 valence electrons. The van der Waals surface area contributed by atoms with Crippen molar-refractivity contribution in [3.8, 4) is 11.5 Å². The topological polar surface area (TPSA) is 68.2 Å². The van der Waals surface area contributed by atoms with Crippen LogP contribution >= 0.6 is 0 Å². The average molecular weight is 297 g/mol. The number of rotatable bonds is 9. The predicted molar refractivity (Wildman–Crippen MR) is 79.0 cm³/mol. The van der Waals surface area contributed by atoms with Crippen LogP contribution in [0.3, 0.4) is 0 Å². The van der Waals surface area contributed by atoms with Gasteiger partial charge in [0.1, 0.15) is 0 Å². The summed E-state index contributed by atoms with van der Waals surface area (Å²) in [4.78, 5) is 14.0. The van der Waals surface area contributed by atoms with Crippen LogP contribution in [0.1, 0.15) is 17.3 Å². The SMILES string of the molecule is CCOc1ccc(C(=O)N(CCO)CCOC)cc1OC. The molecular formula is C15H23NO5. The van der Waals surface area contributed by atoms with Gasteiger partial charge in [-0.05, 0) is 25.1 Å². The highest BCUT2D eigenvalue weighted by molar-refractivity contribution is 5.95. The lowest BCUT2D eigenvalue weighted by Crippen LogP contribution is -2.36. The molecule has 0 fully saturated rings. The third kappa shape index (κ3) is 4.91. The van der Waals surface area contributed by atoms with Crippen LogP contribution in [0.2, 0.25) is 0 Å². The molecule has 0 aliphatic rings. The van der Waals surface area contributed by atoms with E-state index in [9.17, 15) is 4.79 Å². The Morgan fingerprint density at radius 1 is 1.24 bits per heavy atom. The third-order valence-corrected chi connectivity index (χ3v) is 2.93. The summed E-state index contributed by atoms with van der Waals surface area (Å²) in [6, 6.07) is 5.04. The van der Waals surface area contributed by atoms with Gasteiger partial charge >= 0.3 is 0 Å². The fourth-order valence-corrected chi connectivity index (χ4v) is 1.90. The molecule has 1 amide bonds. The number of methoxy groups -OCH3 is 2. The molecule has 6 heteroatoms. The molecule has 0 heterocycles. The van der Waals surface area contributed by atoms with E-state index in [1.165, 1.54) is 7.11 Å². The zero-order valence-corrected chi connectivity index (χ0v) is 12.8. The number of aliphatic hydroxyl groups excluding tert-OH is 1. The Labute approximate surface area is 125 Å². The van der Waals surface area contributed by atoms with Crippen LogP contribution in [0.15, 0.2) is 18.2 Å². The van der Waals surface area contributed by atoms with Crippen LogP contribution < -0.4 is 9.47 Å². The van der Waals surface area contributed by atoms with Crippen molar-refractivity contribution in [3.63, 3.8) is 0 Å². The van der Waals surface area contributed by atoms with E-state index in [1.807, 2.05) is 6.92 Å². The Hall–Kier alpha value is -1.79. The van der Waals surface area contributed by atoms with Gasteiger partial charge in [-0.15, -0.1) is 0 Å². The van der Waals surface area contributed by atoms with Crippen LogP contribution in [-0.4, -0.2) is 63.0 Å². The normalized spacial score (nSPS) is 10.3. The first kappa shape index (κ1) is 17.3. The Balaban J connectivity index is 2.93. The zero-order valence-electron chi connectivity index (χ0n) is 12.8. The first-order valence-electron chi connectivity index (χ1n) is 6.87. The molecule has 1 aromatic carbocycles. The molecule has 0 aromatic heterocycles. The van der Waals surface area contributed by atoms with E-state index in [0.29, 0.717) is 36.8 Å². The lowest BCUT2D eigenvalue weighted by Gasteiger charge is -2.22. The second-order valence-corrected chi connectivity index (χ2v) is 4.31. The molecule has 0 atom stereocenters. The first-order chi connectivity index (χ1) is 10.2. The van der Waals surface area contributed by atoms with E-state index in [1.54, 1.807) is 30.2 Å². The molecule has 6 nitrogen and oxygen atoms in total. The van der Waals surface area contributed by atoms with Gasteiger partial charge < -0.3 is 24.2 Å². The highest BCUT2D eigenvalue weighted by Crippen LogP contribution is 2.28. The number of hydrogen-bond donors (Lipinski definition) is 1. The van der Waals surface area contributed by atoms with Gasteiger partial charge in [0.2, 0.25) is 0 Å². The van der Waals surface area contributed by atoms with E-state index in [2.05, 4.69) is 0 Å². The molecule has 0 radical (unpaired) electrons. The molecule has 0 aliphatic carbocycles. The van der Waals surface area contributed by atoms with Crippen molar-refractivity contribution < 1.29 is 24.1 Å². The largest absolute Gasteiger partial charge is 0.493 e. The summed E-state index contributed by atoms with van der Waals surface area (Å²) in [5, 5.41) is 9.07. The fraction of sp³-hybridized carbons (Fsp3) is 0.533. The molecule has 21 heavy (non-hydrogen) atoms. The van der Waals surface area contributed by atoms with Gasteiger partial charge in [0.25, 0.3) is 5.91 Å².